The maximum atomic E-state index is 13.5. The minimum atomic E-state index is -4.46. The predicted molar refractivity (Wildman–Crippen MR) is 144 cm³/mol. The van der Waals surface area contributed by atoms with Crippen LogP contribution in [0.25, 0.3) is 11.3 Å². The van der Waals surface area contributed by atoms with E-state index in [1.807, 2.05) is 0 Å². The largest absolute Gasteiger partial charge is 0.497 e. The van der Waals surface area contributed by atoms with E-state index in [4.69, 9.17) is 4.74 Å². The second-order valence-corrected chi connectivity index (χ2v) is 11.3. The van der Waals surface area contributed by atoms with Crippen molar-refractivity contribution in [1.29, 1.82) is 0 Å². The molecule has 0 aliphatic carbocycles. The van der Waals surface area contributed by atoms with Gasteiger partial charge >= 0.3 is 6.18 Å². The molecule has 4 rings (SSSR count). The summed E-state index contributed by atoms with van der Waals surface area (Å²) in [6.45, 7) is 1.89. The van der Waals surface area contributed by atoms with Crippen molar-refractivity contribution in [3.63, 3.8) is 0 Å². The zero-order chi connectivity index (χ0) is 28.4. The van der Waals surface area contributed by atoms with Crippen LogP contribution in [0.1, 0.15) is 29.7 Å². The molecule has 1 aromatic heterocycles. The molecule has 1 unspecified atom stereocenters. The fourth-order valence-corrected chi connectivity index (χ4v) is 5.31. The van der Waals surface area contributed by atoms with E-state index in [9.17, 15) is 21.6 Å². The fraction of sp³-hybridized carbons (Fsp3) is 0.250. The molecule has 3 aromatic carbocycles. The number of hydrogen-bond acceptors (Lipinski definition) is 5. The van der Waals surface area contributed by atoms with E-state index >= 15 is 0 Å². The molecule has 1 N–H and O–H groups in total. The van der Waals surface area contributed by atoms with Crippen LogP contribution in [-0.4, -0.2) is 36.4 Å². The molecular formula is C28H29F3N4O3S. The lowest BCUT2D eigenvalue weighted by molar-refractivity contribution is -0.137. The number of halogens is 3. The number of nitrogens with one attached hydrogen (secondary N) is 1. The molecule has 0 radical (unpaired) electrons. The third kappa shape index (κ3) is 6.43. The topological polar surface area (TPSA) is 76.5 Å². The summed E-state index contributed by atoms with van der Waals surface area (Å²) in [5.74, 6) is 0.673. The van der Waals surface area contributed by atoms with E-state index in [1.165, 1.54) is 29.6 Å². The Morgan fingerprint density at radius 1 is 1.08 bits per heavy atom. The molecule has 0 fully saturated rings. The second kappa shape index (κ2) is 11.1. The number of anilines is 1. The van der Waals surface area contributed by atoms with Gasteiger partial charge in [0.25, 0.3) is 0 Å². The lowest BCUT2D eigenvalue weighted by atomic mass is 10.0. The van der Waals surface area contributed by atoms with Gasteiger partial charge in [0.1, 0.15) is 5.75 Å². The lowest BCUT2D eigenvalue weighted by Crippen LogP contribution is -2.26. The molecule has 39 heavy (non-hydrogen) atoms. The van der Waals surface area contributed by atoms with Gasteiger partial charge in [-0.1, -0.05) is 24.3 Å². The number of ether oxygens (including phenoxy) is 1. The SMILES string of the molecule is COc1ccc(CN(C)S(=O)(=O)c2ccc(NC(C)c3cccc(C(F)(F)F)c3)c(-c3cn(C)cn3)c2)cc1. The predicted octanol–water partition coefficient (Wildman–Crippen LogP) is 6.11. The minimum absolute atomic E-state index is 0.0661. The first-order valence-electron chi connectivity index (χ1n) is 12.0. The summed E-state index contributed by atoms with van der Waals surface area (Å²) in [5.41, 5.74) is 2.06. The lowest BCUT2D eigenvalue weighted by Gasteiger charge is -2.21. The van der Waals surface area contributed by atoms with Crippen molar-refractivity contribution in [2.24, 2.45) is 7.05 Å². The average molecular weight is 559 g/mol. The number of aryl methyl sites for hydroxylation is 1. The van der Waals surface area contributed by atoms with Gasteiger partial charge in [0, 0.05) is 44.1 Å². The zero-order valence-electron chi connectivity index (χ0n) is 21.9. The highest BCUT2D eigenvalue weighted by Crippen LogP contribution is 2.35. The highest BCUT2D eigenvalue weighted by atomic mass is 32.2. The van der Waals surface area contributed by atoms with Gasteiger partial charge in [-0.2, -0.15) is 17.5 Å². The number of rotatable bonds is 9. The van der Waals surface area contributed by atoms with Crippen molar-refractivity contribution < 1.29 is 26.3 Å². The standard InChI is InChI=1S/C28H29F3N4O3S/c1-19(21-6-5-7-22(14-21)28(29,30)31)33-26-13-12-24(15-25(26)27-17-34(2)18-32-27)39(36,37)35(3)16-20-8-10-23(38-4)11-9-20/h5-15,17-19,33H,16H2,1-4H3. The van der Waals surface area contributed by atoms with Gasteiger partial charge in [-0.05, 0) is 60.5 Å². The highest BCUT2D eigenvalue weighted by molar-refractivity contribution is 7.89. The molecule has 0 spiro atoms. The van der Waals surface area contributed by atoms with Gasteiger partial charge in [0.15, 0.2) is 0 Å². The Morgan fingerprint density at radius 3 is 2.41 bits per heavy atom. The summed E-state index contributed by atoms with van der Waals surface area (Å²) in [5, 5.41) is 3.23. The van der Waals surface area contributed by atoms with E-state index in [0.717, 1.165) is 17.7 Å². The van der Waals surface area contributed by atoms with E-state index in [0.29, 0.717) is 28.3 Å². The molecule has 1 atom stereocenters. The first-order chi connectivity index (χ1) is 18.4. The third-order valence-corrected chi connectivity index (χ3v) is 8.13. The van der Waals surface area contributed by atoms with Crippen molar-refractivity contribution in [1.82, 2.24) is 13.9 Å². The first kappa shape index (κ1) is 28.2. The van der Waals surface area contributed by atoms with Gasteiger partial charge < -0.3 is 14.6 Å². The zero-order valence-corrected chi connectivity index (χ0v) is 22.7. The monoisotopic (exact) mass is 558 g/mol. The summed E-state index contributed by atoms with van der Waals surface area (Å²) < 4.78 is 74.8. The van der Waals surface area contributed by atoms with E-state index in [-0.39, 0.29) is 11.4 Å². The molecule has 4 aromatic rings. The molecule has 0 aliphatic rings. The Kier molecular flexibility index (Phi) is 8.03. The molecule has 0 bridgehead atoms. The van der Waals surface area contributed by atoms with Crippen LogP contribution in [0.5, 0.6) is 5.75 Å². The summed E-state index contributed by atoms with van der Waals surface area (Å²) in [4.78, 5) is 4.45. The number of nitrogens with zero attached hydrogens (tertiary/aromatic N) is 3. The normalized spacial score (nSPS) is 12.9. The molecular weight excluding hydrogens is 529 g/mol. The molecule has 0 aliphatic heterocycles. The maximum absolute atomic E-state index is 13.5. The molecule has 206 valence electrons. The Morgan fingerprint density at radius 2 is 1.79 bits per heavy atom. The molecule has 1 heterocycles. The Labute approximate surface area is 225 Å². The van der Waals surface area contributed by atoms with Crippen molar-refractivity contribution in [2.75, 3.05) is 19.5 Å². The van der Waals surface area contributed by atoms with Crippen molar-refractivity contribution in [3.05, 3.63) is 95.9 Å². The van der Waals surface area contributed by atoms with Gasteiger partial charge in [-0.15, -0.1) is 0 Å². The van der Waals surface area contributed by atoms with Gasteiger partial charge in [-0.25, -0.2) is 13.4 Å². The van der Waals surface area contributed by atoms with Crippen molar-refractivity contribution >= 4 is 15.7 Å². The van der Waals surface area contributed by atoms with Crippen LogP contribution in [0.15, 0.2) is 84.1 Å². The average Bonchev–Trinajstić information content (AvgIpc) is 3.34. The number of alkyl halides is 3. The third-order valence-electron chi connectivity index (χ3n) is 6.33. The number of sulfonamides is 1. The first-order valence-corrected chi connectivity index (χ1v) is 13.5. The number of benzene rings is 3. The number of aromatic nitrogens is 2. The number of imidazole rings is 1. The van der Waals surface area contributed by atoms with E-state index in [2.05, 4.69) is 10.3 Å². The number of hydrogen-bond donors (Lipinski definition) is 1. The van der Waals surface area contributed by atoms with Crippen molar-refractivity contribution in [3.8, 4) is 17.0 Å². The van der Waals surface area contributed by atoms with E-state index < -0.39 is 27.8 Å². The van der Waals surface area contributed by atoms with Crippen LogP contribution < -0.4 is 10.1 Å². The van der Waals surface area contributed by atoms with Crippen molar-refractivity contribution in [2.45, 2.75) is 30.6 Å². The smallest absolute Gasteiger partial charge is 0.416 e. The quantitative estimate of drug-likeness (QED) is 0.268. The molecule has 11 heteroatoms. The van der Waals surface area contributed by atoms with Crippen LogP contribution in [0.4, 0.5) is 18.9 Å². The summed E-state index contributed by atoms with van der Waals surface area (Å²) >= 11 is 0. The van der Waals surface area contributed by atoms with Gasteiger partial charge in [-0.3, -0.25) is 0 Å². The Balaban J connectivity index is 1.66. The summed E-state index contributed by atoms with van der Waals surface area (Å²) in [7, 11) is 0.970. The van der Waals surface area contributed by atoms with Crippen LogP contribution in [0.3, 0.4) is 0 Å². The fourth-order valence-electron chi connectivity index (χ4n) is 4.13. The second-order valence-electron chi connectivity index (χ2n) is 9.23. The molecule has 7 nitrogen and oxygen atoms in total. The Bertz CT molecular complexity index is 1550. The van der Waals surface area contributed by atoms with Crippen LogP contribution >= 0.6 is 0 Å². The van der Waals surface area contributed by atoms with Crippen LogP contribution in [0.2, 0.25) is 0 Å². The Hall–Kier alpha value is -3.83. The van der Waals surface area contributed by atoms with Gasteiger partial charge in [0.2, 0.25) is 10.0 Å². The van der Waals surface area contributed by atoms with Gasteiger partial charge in [0.05, 0.1) is 29.6 Å². The van der Waals surface area contributed by atoms with Crippen LogP contribution in [0, 0.1) is 0 Å². The highest BCUT2D eigenvalue weighted by Gasteiger charge is 2.31. The summed E-state index contributed by atoms with van der Waals surface area (Å²) in [6, 6.07) is 16.3. The molecule has 0 amide bonds. The molecule has 0 saturated carbocycles. The number of methoxy groups -OCH3 is 1. The summed E-state index contributed by atoms with van der Waals surface area (Å²) in [6.07, 6.45) is -1.12. The van der Waals surface area contributed by atoms with E-state index in [1.54, 1.807) is 74.6 Å². The maximum Gasteiger partial charge on any atom is 0.416 e. The van der Waals surface area contributed by atoms with Crippen LogP contribution in [-0.2, 0) is 29.8 Å². The molecule has 0 saturated heterocycles. The minimum Gasteiger partial charge on any atom is -0.497 e.